The second-order valence-electron chi connectivity index (χ2n) is 2.17. The lowest BCUT2D eigenvalue weighted by Gasteiger charge is -1.96. The van der Waals surface area contributed by atoms with E-state index in [9.17, 15) is 14.4 Å². The molecule has 14 heavy (non-hydrogen) atoms. The van der Waals surface area contributed by atoms with Crippen LogP contribution in [0.1, 0.15) is 13.8 Å². The molecule has 5 nitrogen and oxygen atoms in total. The first-order chi connectivity index (χ1) is 6.61. The number of hydrogen-bond acceptors (Lipinski definition) is 5. The lowest BCUT2D eigenvalue weighted by atomic mass is 10.3. The first kappa shape index (κ1) is 12.3. The third-order valence-electron chi connectivity index (χ3n) is 1.13. The van der Waals surface area contributed by atoms with E-state index in [-0.39, 0.29) is 13.2 Å². The Morgan fingerprint density at radius 2 is 1.57 bits per heavy atom. The molecule has 0 aromatic carbocycles. The smallest absolute Gasteiger partial charge is 0.379 e. The van der Waals surface area contributed by atoms with E-state index in [0.717, 1.165) is 12.2 Å². The largest absolute Gasteiger partial charge is 0.463 e. The molecule has 0 aliphatic rings. The molecule has 0 rings (SSSR count). The molecule has 0 saturated heterocycles. The van der Waals surface area contributed by atoms with Gasteiger partial charge in [-0.2, -0.15) is 0 Å². The van der Waals surface area contributed by atoms with Gasteiger partial charge in [-0.1, -0.05) is 0 Å². The Hall–Kier alpha value is -1.65. The summed E-state index contributed by atoms with van der Waals surface area (Å²) in [5.41, 5.74) is 0. The van der Waals surface area contributed by atoms with Crippen LogP contribution in [-0.4, -0.2) is 30.9 Å². The molecule has 0 fully saturated rings. The number of hydrogen-bond donors (Lipinski definition) is 0. The highest BCUT2D eigenvalue weighted by Gasteiger charge is 2.10. The van der Waals surface area contributed by atoms with Crippen LogP contribution >= 0.6 is 0 Å². The molecule has 0 spiro atoms. The van der Waals surface area contributed by atoms with Crippen LogP contribution in [-0.2, 0) is 23.9 Å². The molecule has 0 aromatic heterocycles. The highest BCUT2D eigenvalue weighted by Crippen LogP contribution is 1.86. The van der Waals surface area contributed by atoms with Crippen molar-refractivity contribution < 1.29 is 23.9 Å². The van der Waals surface area contributed by atoms with Crippen LogP contribution in [0.2, 0.25) is 0 Å². The van der Waals surface area contributed by atoms with Crippen LogP contribution in [0.15, 0.2) is 12.2 Å². The van der Waals surface area contributed by atoms with Gasteiger partial charge >= 0.3 is 11.9 Å². The molecule has 0 bridgehead atoms. The van der Waals surface area contributed by atoms with Gasteiger partial charge in [0.25, 0.3) is 5.78 Å². The summed E-state index contributed by atoms with van der Waals surface area (Å²) >= 11 is 0. The Bertz CT molecular complexity index is 254. The summed E-state index contributed by atoms with van der Waals surface area (Å²) < 4.78 is 8.91. The Kier molecular flexibility index (Phi) is 6.02. The molecule has 78 valence electrons. The van der Waals surface area contributed by atoms with E-state index in [2.05, 4.69) is 9.47 Å². The molecule has 5 heteroatoms. The van der Waals surface area contributed by atoms with Gasteiger partial charge in [0, 0.05) is 12.2 Å². The molecular weight excluding hydrogens is 188 g/mol. The average Bonchev–Trinajstić information content (AvgIpc) is 2.15. The predicted octanol–water partition coefficient (Wildman–Crippen LogP) is 0.238. The minimum atomic E-state index is -0.979. The maximum absolute atomic E-state index is 10.9. The minimum Gasteiger partial charge on any atom is -0.463 e. The highest BCUT2D eigenvalue weighted by molar-refractivity contribution is 6.38. The number of carbonyl (C=O) groups excluding carboxylic acids is 3. The first-order valence-electron chi connectivity index (χ1n) is 4.17. The Morgan fingerprint density at radius 3 is 2.07 bits per heavy atom. The number of esters is 2. The Labute approximate surface area is 81.7 Å². The average molecular weight is 200 g/mol. The number of rotatable bonds is 5. The molecule has 0 radical (unpaired) electrons. The van der Waals surface area contributed by atoms with E-state index in [1.165, 1.54) is 0 Å². The fourth-order valence-electron chi connectivity index (χ4n) is 0.604. The summed E-state index contributed by atoms with van der Waals surface area (Å²) in [7, 11) is 0. The molecule has 0 N–H and O–H groups in total. The third-order valence-corrected chi connectivity index (χ3v) is 1.13. The second kappa shape index (κ2) is 6.82. The van der Waals surface area contributed by atoms with Gasteiger partial charge in [0.15, 0.2) is 0 Å². The summed E-state index contributed by atoms with van der Waals surface area (Å²) in [6.45, 7) is 3.56. The monoisotopic (exact) mass is 200 g/mol. The van der Waals surface area contributed by atoms with Gasteiger partial charge < -0.3 is 9.47 Å². The van der Waals surface area contributed by atoms with Gasteiger partial charge in [0.05, 0.1) is 13.2 Å². The van der Waals surface area contributed by atoms with E-state index in [0.29, 0.717) is 0 Å². The zero-order chi connectivity index (χ0) is 11.0. The normalized spacial score (nSPS) is 9.86. The van der Waals surface area contributed by atoms with E-state index in [4.69, 9.17) is 0 Å². The van der Waals surface area contributed by atoms with Crippen LogP contribution in [0.4, 0.5) is 0 Å². The van der Waals surface area contributed by atoms with E-state index in [1.54, 1.807) is 13.8 Å². The highest BCUT2D eigenvalue weighted by atomic mass is 16.5. The Balaban J connectivity index is 4.04. The van der Waals surface area contributed by atoms with Crippen molar-refractivity contribution in [3.63, 3.8) is 0 Å². The summed E-state index contributed by atoms with van der Waals surface area (Å²) in [5, 5.41) is 0. The molecule has 0 aromatic rings. The van der Waals surface area contributed by atoms with Gasteiger partial charge in [-0.15, -0.1) is 0 Å². The quantitative estimate of drug-likeness (QED) is 0.361. The van der Waals surface area contributed by atoms with Crippen molar-refractivity contribution in [2.75, 3.05) is 13.2 Å². The van der Waals surface area contributed by atoms with Gasteiger partial charge in [0.2, 0.25) is 0 Å². The summed E-state index contributed by atoms with van der Waals surface area (Å²) in [4.78, 5) is 32.3. The molecule has 0 heterocycles. The van der Waals surface area contributed by atoms with Gasteiger partial charge in [-0.25, -0.2) is 9.59 Å². The van der Waals surface area contributed by atoms with E-state index >= 15 is 0 Å². The second-order valence-corrected chi connectivity index (χ2v) is 2.17. The predicted molar refractivity (Wildman–Crippen MR) is 47.4 cm³/mol. The van der Waals surface area contributed by atoms with Crippen LogP contribution in [0.25, 0.3) is 0 Å². The maximum atomic E-state index is 10.9. The minimum absolute atomic E-state index is 0.123. The lowest BCUT2D eigenvalue weighted by Crippen LogP contribution is -2.15. The van der Waals surface area contributed by atoms with E-state index < -0.39 is 17.7 Å². The third kappa shape index (κ3) is 5.08. The van der Waals surface area contributed by atoms with Gasteiger partial charge in [-0.05, 0) is 13.8 Å². The molecule has 0 aliphatic carbocycles. The fraction of sp³-hybridized carbons (Fsp3) is 0.444. The topological polar surface area (TPSA) is 69.7 Å². The first-order valence-corrected chi connectivity index (χ1v) is 4.17. The van der Waals surface area contributed by atoms with Crippen molar-refractivity contribution in [3.05, 3.63) is 12.2 Å². The Morgan fingerprint density at radius 1 is 1.00 bits per heavy atom. The molecule has 0 aliphatic heterocycles. The molecule has 0 amide bonds. The summed E-state index contributed by atoms with van der Waals surface area (Å²) in [6, 6.07) is 0. The van der Waals surface area contributed by atoms with Crippen LogP contribution in [0.3, 0.4) is 0 Å². The van der Waals surface area contributed by atoms with Gasteiger partial charge in [0.1, 0.15) is 0 Å². The summed E-state index contributed by atoms with van der Waals surface area (Å²) in [6.07, 6.45) is 1.72. The lowest BCUT2D eigenvalue weighted by molar-refractivity contribution is -0.151. The molecular formula is C9H12O5. The van der Waals surface area contributed by atoms with Crippen LogP contribution in [0.5, 0.6) is 0 Å². The SMILES string of the molecule is CCOC(=O)C=CC(=O)C(=O)OCC. The van der Waals surface area contributed by atoms with Crippen molar-refractivity contribution in [2.45, 2.75) is 13.8 Å². The molecule has 0 unspecified atom stereocenters. The van der Waals surface area contributed by atoms with Crippen molar-refractivity contribution >= 4 is 17.7 Å². The standard InChI is InChI=1S/C9H12O5/c1-3-13-8(11)6-5-7(10)9(12)14-4-2/h5-6H,3-4H2,1-2H3. The number of ketones is 1. The zero-order valence-corrected chi connectivity index (χ0v) is 8.11. The van der Waals surface area contributed by atoms with Crippen molar-refractivity contribution in [1.82, 2.24) is 0 Å². The van der Waals surface area contributed by atoms with Crippen molar-refractivity contribution in [1.29, 1.82) is 0 Å². The summed E-state index contributed by atoms with van der Waals surface area (Å²) in [5.74, 6) is -2.52. The molecule has 0 saturated carbocycles. The fourth-order valence-corrected chi connectivity index (χ4v) is 0.604. The number of carbonyl (C=O) groups is 3. The zero-order valence-electron chi connectivity index (χ0n) is 8.11. The van der Waals surface area contributed by atoms with Gasteiger partial charge in [-0.3, -0.25) is 4.79 Å². The number of ether oxygens (including phenoxy) is 2. The maximum Gasteiger partial charge on any atom is 0.379 e. The molecule has 0 atom stereocenters. The van der Waals surface area contributed by atoms with Crippen molar-refractivity contribution in [2.24, 2.45) is 0 Å². The van der Waals surface area contributed by atoms with E-state index in [1.807, 2.05) is 0 Å². The van der Waals surface area contributed by atoms with Crippen LogP contribution in [0, 0.1) is 0 Å². The van der Waals surface area contributed by atoms with Crippen molar-refractivity contribution in [3.8, 4) is 0 Å². The van der Waals surface area contributed by atoms with Crippen LogP contribution < -0.4 is 0 Å².